The fourth-order valence-corrected chi connectivity index (χ4v) is 5.28. The predicted molar refractivity (Wildman–Crippen MR) is 166 cm³/mol. The van der Waals surface area contributed by atoms with Gasteiger partial charge in [-0.3, -0.25) is 4.79 Å². The van der Waals surface area contributed by atoms with Crippen LogP contribution >= 0.6 is 15.9 Å². The average Bonchev–Trinajstić information content (AvgIpc) is 2.92. The minimum Gasteiger partial charge on any atom is -0.492 e. The summed E-state index contributed by atoms with van der Waals surface area (Å²) in [6.07, 6.45) is 4.66. The summed E-state index contributed by atoms with van der Waals surface area (Å²) in [7, 11) is 1.91. The number of benzene rings is 3. The van der Waals surface area contributed by atoms with E-state index in [1.807, 2.05) is 68.3 Å². The SMILES string of the molecule is CCCC(C)(CCC)N(C(=O)c1ccc(Br)cc1C)c1ccc(OCCNC)cc1.CCc1ccc(F)c(F)c1. The van der Waals surface area contributed by atoms with Gasteiger partial charge in [-0.05, 0) is 106 Å². The van der Waals surface area contributed by atoms with Gasteiger partial charge in [-0.25, -0.2) is 8.78 Å². The number of likely N-dealkylation sites (N-methyl/N-ethyl adjacent to an activating group) is 1. The van der Waals surface area contributed by atoms with Crippen LogP contribution in [0.5, 0.6) is 5.75 Å². The number of amides is 1. The van der Waals surface area contributed by atoms with Crippen molar-refractivity contribution in [2.45, 2.75) is 72.3 Å². The van der Waals surface area contributed by atoms with Gasteiger partial charge in [0, 0.05) is 27.8 Å². The second-order valence-electron chi connectivity index (χ2n) is 10.1. The summed E-state index contributed by atoms with van der Waals surface area (Å²) in [4.78, 5) is 15.8. The Morgan fingerprint density at radius 1 is 0.950 bits per heavy atom. The van der Waals surface area contributed by atoms with Gasteiger partial charge in [0.25, 0.3) is 5.91 Å². The first-order chi connectivity index (χ1) is 19.1. The third kappa shape index (κ3) is 9.41. The van der Waals surface area contributed by atoms with Gasteiger partial charge in [-0.2, -0.15) is 0 Å². The van der Waals surface area contributed by atoms with Gasteiger partial charge >= 0.3 is 0 Å². The molecule has 3 aromatic rings. The number of anilines is 1. The molecular weight excluding hydrogens is 574 g/mol. The summed E-state index contributed by atoms with van der Waals surface area (Å²) in [5.74, 6) is -0.682. The lowest BCUT2D eigenvalue weighted by atomic mass is 9.87. The number of ether oxygens (including phenoxy) is 1. The fourth-order valence-electron chi connectivity index (χ4n) is 4.81. The summed E-state index contributed by atoms with van der Waals surface area (Å²) in [5.41, 5.74) is 3.19. The van der Waals surface area contributed by atoms with Crippen LogP contribution in [0.15, 0.2) is 65.1 Å². The monoisotopic (exact) mass is 616 g/mol. The lowest BCUT2D eigenvalue weighted by molar-refractivity contribution is 0.0950. The molecule has 0 heterocycles. The molecule has 0 saturated heterocycles. The standard InChI is InChI=1S/C25H35BrN2O2.C8H8F2/c1-6-14-25(4,15-7-2)28(24(29)23-13-8-20(26)18-19(23)3)21-9-11-22(12-10-21)30-17-16-27-5;1-2-6-3-4-7(9)8(10)5-6/h8-13,18,27H,6-7,14-17H2,1-5H3;3-5H,2H2,1H3. The van der Waals surface area contributed by atoms with Crippen molar-refractivity contribution in [1.29, 1.82) is 0 Å². The number of nitrogens with one attached hydrogen (secondary N) is 1. The van der Waals surface area contributed by atoms with Crippen molar-refractivity contribution in [2.24, 2.45) is 0 Å². The minimum absolute atomic E-state index is 0.0493. The summed E-state index contributed by atoms with van der Waals surface area (Å²) in [6, 6.07) is 17.7. The number of nitrogens with zero attached hydrogens (tertiary/aromatic N) is 1. The van der Waals surface area contributed by atoms with E-state index in [4.69, 9.17) is 4.74 Å². The molecule has 218 valence electrons. The van der Waals surface area contributed by atoms with Crippen LogP contribution in [0.2, 0.25) is 0 Å². The topological polar surface area (TPSA) is 41.6 Å². The van der Waals surface area contributed by atoms with E-state index in [1.54, 1.807) is 6.07 Å². The van der Waals surface area contributed by atoms with Crippen molar-refractivity contribution >= 4 is 27.5 Å². The molecule has 0 aromatic heterocycles. The molecule has 0 spiro atoms. The Balaban J connectivity index is 0.000000469. The van der Waals surface area contributed by atoms with Crippen molar-refractivity contribution in [2.75, 3.05) is 25.1 Å². The van der Waals surface area contributed by atoms with Crippen molar-refractivity contribution in [3.63, 3.8) is 0 Å². The Morgan fingerprint density at radius 3 is 2.12 bits per heavy atom. The van der Waals surface area contributed by atoms with Gasteiger partial charge in [0.05, 0.1) is 0 Å². The predicted octanol–water partition coefficient (Wildman–Crippen LogP) is 8.89. The maximum atomic E-state index is 13.8. The summed E-state index contributed by atoms with van der Waals surface area (Å²) >= 11 is 3.51. The molecule has 7 heteroatoms. The van der Waals surface area contributed by atoms with Crippen LogP contribution in [-0.4, -0.2) is 31.6 Å². The lowest BCUT2D eigenvalue weighted by Crippen LogP contribution is -2.50. The molecular formula is C33H43BrF2N2O2. The Bertz CT molecular complexity index is 1210. The first-order valence-electron chi connectivity index (χ1n) is 14.0. The number of hydrogen-bond donors (Lipinski definition) is 1. The minimum atomic E-state index is -0.780. The molecule has 3 aromatic carbocycles. The first-order valence-corrected chi connectivity index (χ1v) is 14.8. The molecule has 0 aliphatic carbocycles. The van der Waals surface area contributed by atoms with E-state index >= 15 is 0 Å². The molecule has 0 unspecified atom stereocenters. The van der Waals surface area contributed by atoms with Gasteiger partial charge in [-0.15, -0.1) is 0 Å². The number of halogens is 3. The number of carbonyl (C=O) groups is 1. The average molecular weight is 618 g/mol. The van der Waals surface area contributed by atoms with E-state index in [0.717, 1.165) is 77.3 Å². The van der Waals surface area contributed by atoms with Crippen LogP contribution in [-0.2, 0) is 6.42 Å². The maximum absolute atomic E-state index is 13.8. The normalized spacial score (nSPS) is 11.0. The number of aryl methyl sites for hydroxylation is 2. The highest BCUT2D eigenvalue weighted by molar-refractivity contribution is 9.10. The second kappa shape index (κ2) is 16.5. The van der Waals surface area contributed by atoms with Crippen molar-refractivity contribution in [1.82, 2.24) is 5.32 Å². The molecule has 40 heavy (non-hydrogen) atoms. The Labute approximate surface area is 247 Å². The smallest absolute Gasteiger partial charge is 0.259 e. The molecule has 0 fully saturated rings. The van der Waals surface area contributed by atoms with E-state index in [9.17, 15) is 13.6 Å². The molecule has 4 nitrogen and oxygen atoms in total. The first kappa shape index (κ1) is 33.4. The van der Waals surface area contributed by atoms with Gasteiger partial charge in [0.15, 0.2) is 11.6 Å². The van der Waals surface area contributed by atoms with Gasteiger partial charge in [0.1, 0.15) is 12.4 Å². The van der Waals surface area contributed by atoms with Gasteiger partial charge < -0.3 is 15.0 Å². The summed E-state index contributed by atoms with van der Waals surface area (Å²) in [6.45, 7) is 11.9. The molecule has 0 saturated carbocycles. The lowest BCUT2D eigenvalue weighted by Gasteiger charge is -2.42. The van der Waals surface area contributed by atoms with Crippen LogP contribution in [0, 0.1) is 18.6 Å². The Kier molecular flexibility index (Phi) is 13.8. The van der Waals surface area contributed by atoms with E-state index < -0.39 is 11.6 Å². The zero-order valence-corrected chi connectivity index (χ0v) is 26.2. The number of rotatable bonds is 12. The molecule has 0 aliphatic heterocycles. The molecule has 1 amide bonds. The fraction of sp³-hybridized carbons (Fsp3) is 0.424. The maximum Gasteiger partial charge on any atom is 0.259 e. The number of carbonyl (C=O) groups excluding carboxylic acids is 1. The largest absolute Gasteiger partial charge is 0.492 e. The van der Waals surface area contributed by atoms with E-state index in [-0.39, 0.29) is 11.4 Å². The highest BCUT2D eigenvalue weighted by Gasteiger charge is 2.36. The Hall–Kier alpha value is -2.77. The van der Waals surface area contributed by atoms with Crippen LogP contribution in [0.4, 0.5) is 14.5 Å². The zero-order valence-electron chi connectivity index (χ0n) is 24.6. The van der Waals surface area contributed by atoms with E-state index in [2.05, 4.69) is 42.0 Å². The van der Waals surface area contributed by atoms with Gasteiger partial charge in [0.2, 0.25) is 0 Å². The van der Waals surface area contributed by atoms with Crippen LogP contribution in [0.1, 0.15) is 74.9 Å². The molecule has 0 aliphatic rings. The highest BCUT2D eigenvalue weighted by Crippen LogP contribution is 2.35. The molecule has 3 rings (SSSR count). The van der Waals surface area contributed by atoms with Crippen LogP contribution in [0.25, 0.3) is 0 Å². The summed E-state index contributed by atoms with van der Waals surface area (Å²) < 4.78 is 31.4. The second-order valence-corrected chi connectivity index (χ2v) is 11.1. The van der Waals surface area contributed by atoms with E-state index in [1.165, 1.54) is 6.07 Å². The Morgan fingerprint density at radius 2 is 1.60 bits per heavy atom. The van der Waals surface area contributed by atoms with Crippen molar-refractivity contribution < 1.29 is 18.3 Å². The van der Waals surface area contributed by atoms with Gasteiger partial charge in [-0.1, -0.05) is 55.6 Å². The molecule has 0 radical (unpaired) electrons. The number of hydrogen-bond acceptors (Lipinski definition) is 3. The molecule has 0 bridgehead atoms. The summed E-state index contributed by atoms with van der Waals surface area (Å²) in [5, 5.41) is 3.08. The van der Waals surface area contributed by atoms with Crippen molar-refractivity contribution in [3.05, 3.63) is 93.5 Å². The quantitative estimate of drug-likeness (QED) is 0.207. The highest BCUT2D eigenvalue weighted by atomic mass is 79.9. The third-order valence-corrected chi connectivity index (χ3v) is 7.34. The van der Waals surface area contributed by atoms with Crippen molar-refractivity contribution in [3.8, 4) is 5.75 Å². The molecule has 1 N–H and O–H groups in total. The van der Waals surface area contributed by atoms with Crippen LogP contribution in [0.3, 0.4) is 0 Å². The van der Waals surface area contributed by atoms with E-state index in [0.29, 0.717) is 6.61 Å². The molecule has 0 atom stereocenters. The third-order valence-electron chi connectivity index (χ3n) is 6.85. The zero-order chi connectivity index (χ0) is 29.7. The van der Waals surface area contributed by atoms with Crippen LogP contribution < -0.4 is 15.0 Å².